The molecule has 0 spiro atoms. The number of hydrogen-bond donors (Lipinski definition) is 1. The Kier molecular flexibility index (Phi) is 7.08. The van der Waals surface area contributed by atoms with Crippen molar-refractivity contribution >= 4 is 35.0 Å². The fraction of sp³-hybridized carbons (Fsp3) is 0.389. The van der Waals surface area contributed by atoms with Crippen molar-refractivity contribution < 1.29 is 29.0 Å². The lowest BCUT2D eigenvalue weighted by Crippen LogP contribution is -2.29. The Labute approximate surface area is 156 Å². The van der Waals surface area contributed by atoms with Crippen LogP contribution < -0.4 is 9.47 Å². The molecule has 0 saturated carbocycles. The molecule has 0 atom stereocenters. The van der Waals surface area contributed by atoms with Gasteiger partial charge in [-0.05, 0) is 48.9 Å². The van der Waals surface area contributed by atoms with Crippen LogP contribution in [0.3, 0.4) is 0 Å². The maximum absolute atomic E-state index is 12.4. The number of ether oxygens (including phenoxy) is 2. The number of unbranched alkanes of at least 4 members (excludes halogenated alkanes) is 1. The molecular formula is C18H21NO6S. The molecule has 1 saturated heterocycles. The predicted octanol–water partition coefficient (Wildman–Crippen LogP) is 3.39. The lowest BCUT2D eigenvalue weighted by atomic mass is 10.2. The summed E-state index contributed by atoms with van der Waals surface area (Å²) in [7, 11) is 0. The molecule has 0 radical (unpaired) electrons. The van der Waals surface area contributed by atoms with Crippen molar-refractivity contribution in [3.8, 4) is 11.5 Å². The molecule has 1 aromatic carbocycles. The number of amides is 2. The first-order valence-electron chi connectivity index (χ1n) is 8.33. The summed E-state index contributed by atoms with van der Waals surface area (Å²) in [5, 5.41) is 8.47. The van der Waals surface area contributed by atoms with Crippen LogP contribution in [0.15, 0.2) is 23.1 Å². The third kappa shape index (κ3) is 5.01. The first kappa shape index (κ1) is 19.8. The van der Waals surface area contributed by atoms with Gasteiger partial charge >= 0.3 is 5.97 Å². The SMILES string of the molecule is CCCCN1C(=O)S/C(=C\c2ccc(OCC(=O)O)c(OCC)c2)C1=O. The zero-order valence-corrected chi connectivity index (χ0v) is 15.5. The van der Waals surface area contributed by atoms with Crippen LogP contribution >= 0.6 is 11.8 Å². The molecule has 0 bridgehead atoms. The van der Waals surface area contributed by atoms with Crippen LogP contribution in [-0.4, -0.2) is 46.9 Å². The highest BCUT2D eigenvalue weighted by Crippen LogP contribution is 2.34. The van der Waals surface area contributed by atoms with E-state index in [0.717, 1.165) is 24.6 Å². The number of benzene rings is 1. The van der Waals surface area contributed by atoms with Crippen molar-refractivity contribution in [1.82, 2.24) is 4.90 Å². The molecule has 1 aliphatic rings. The molecule has 26 heavy (non-hydrogen) atoms. The lowest BCUT2D eigenvalue weighted by Gasteiger charge is -2.12. The van der Waals surface area contributed by atoms with E-state index in [1.807, 2.05) is 6.92 Å². The summed E-state index contributed by atoms with van der Waals surface area (Å²) in [4.78, 5) is 36.6. The highest BCUT2D eigenvalue weighted by molar-refractivity contribution is 8.18. The second-order valence-corrected chi connectivity index (χ2v) is 6.50. The zero-order valence-electron chi connectivity index (χ0n) is 14.7. The van der Waals surface area contributed by atoms with Gasteiger partial charge in [0.2, 0.25) is 0 Å². The summed E-state index contributed by atoms with van der Waals surface area (Å²) < 4.78 is 10.7. The summed E-state index contributed by atoms with van der Waals surface area (Å²) in [5.41, 5.74) is 0.664. The minimum atomic E-state index is -1.09. The molecule has 0 aromatic heterocycles. The fourth-order valence-electron chi connectivity index (χ4n) is 2.30. The van der Waals surface area contributed by atoms with Gasteiger partial charge in [0, 0.05) is 6.54 Å². The van der Waals surface area contributed by atoms with Crippen LogP contribution in [0.4, 0.5) is 4.79 Å². The van der Waals surface area contributed by atoms with Crippen LogP contribution in [-0.2, 0) is 9.59 Å². The summed E-state index contributed by atoms with van der Waals surface area (Å²) in [5.74, 6) is -0.690. The van der Waals surface area contributed by atoms with Gasteiger partial charge in [0.1, 0.15) is 0 Å². The Hall–Kier alpha value is -2.48. The van der Waals surface area contributed by atoms with Crippen molar-refractivity contribution in [2.24, 2.45) is 0 Å². The molecule has 1 aliphatic heterocycles. The number of carboxylic acid groups (broad SMARTS) is 1. The topological polar surface area (TPSA) is 93.1 Å². The Morgan fingerprint density at radius 2 is 2.00 bits per heavy atom. The van der Waals surface area contributed by atoms with Gasteiger partial charge in [-0.15, -0.1) is 0 Å². The highest BCUT2D eigenvalue weighted by Gasteiger charge is 2.34. The normalized spacial score (nSPS) is 15.6. The van der Waals surface area contributed by atoms with E-state index in [1.54, 1.807) is 31.2 Å². The number of carbonyl (C=O) groups excluding carboxylic acids is 2. The van der Waals surface area contributed by atoms with Crippen molar-refractivity contribution in [3.05, 3.63) is 28.7 Å². The number of nitrogens with zero attached hydrogens (tertiary/aromatic N) is 1. The molecule has 0 unspecified atom stereocenters. The Bertz CT molecular complexity index is 730. The van der Waals surface area contributed by atoms with Gasteiger partial charge < -0.3 is 14.6 Å². The van der Waals surface area contributed by atoms with Gasteiger partial charge in [0.15, 0.2) is 18.1 Å². The van der Waals surface area contributed by atoms with Gasteiger partial charge in [0.25, 0.3) is 11.1 Å². The summed E-state index contributed by atoms with van der Waals surface area (Å²) in [6, 6.07) is 4.92. The highest BCUT2D eigenvalue weighted by atomic mass is 32.2. The summed E-state index contributed by atoms with van der Waals surface area (Å²) in [6.07, 6.45) is 3.30. The monoisotopic (exact) mass is 379 g/mol. The summed E-state index contributed by atoms with van der Waals surface area (Å²) >= 11 is 0.913. The largest absolute Gasteiger partial charge is 0.490 e. The van der Waals surface area contributed by atoms with Gasteiger partial charge in [-0.3, -0.25) is 14.5 Å². The molecular weight excluding hydrogens is 358 g/mol. The van der Waals surface area contributed by atoms with Crippen molar-refractivity contribution in [2.75, 3.05) is 19.8 Å². The second kappa shape index (κ2) is 9.28. The van der Waals surface area contributed by atoms with E-state index >= 15 is 0 Å². The van der Waals surface area contributed by atoms with Crippen LogP contribution in [0.5, 0.6) is 11.5 Å². The number of carbonyl (C=O) groups is 3. The number of rotatable bonds is 9. The number of imide groups is 1. The standard InChI is InChI=1S/C18H21NO6S/c1-3-5-8-19-17(22)15(26-18(19)23)10-12-6-7-13(25-11-16(20)21)14(9-12)24-4-2/h6-7,9-10H,3-5,8,11H2,1-2H3,(H,20,21)/b15-10-. The first-order chi connectivity index (χ1) is 12.5. The molecule has 7 nitrogen and oxygen atoms in total. The van der Waals surface area contributed by atoms with Crippen LogP contribution in [0.25, 0.3) is 6.08 Å². The quantitative estimate of drug-likeness (QED) is 0.657. The number of aliphatic carboxylic acids is 1. The maximum atomic E-state index is 12.4. The van der Waals surface area contributed by atoms with Crippen LogP contribution in [0.1, 0.15) is 32.3 Å². The molecule has 0 aliphatic carbocycles. The minimum Gasteiger partial charge on any atom is -0.490 e. The number of carboxylic acids is 1. The third-order valence-electron chi connectivity index (χ3n) is 3.53. The van der Waals surface area contributed by atoms with E-state index < -0.39 is 12.6 Å². The Morgan fingerprint density at radius 3 is 2.65 bits per heavy atom. The third-order valence-corrected chi connectivity index (χ3v) is 4.43. The predicted molar refractivity (Wildman–Crippen MR) is 98.3 cm³/mol. The first-order valence-corrected chi connectivity index (χ1v) is 9.14. The van der Waals surface area contributed by atoms with E-state index in [0.29, 0.717) is 35.1 Å². The fourth-order valence-corrected chi connectivity index (χ4v) is 3.17. The van der Waals surface area contributed by atoms with Gasteiger partial charge in [-0.1, -0.05) is 19.4 Å². The molecule has 8 heteroatoms. The number of hydrogen-bond acceptors (Lipinski definition) is 6. The van der Waals surface area contributed by atoms with Gasteiger partial charge in [0.05, 0.1) is 11.5 Å². The maximum Gasteiger partial charge on any atom is 0.341 e. The van der Waals surface area contributed by atoms with Gasteiger partial charge in [-0.25, -0.2) is 4.79 Å². The smallest absolute Gasteiger partial charge is 0.341 e. The Morgan fingerprint density at radius 1 is 1.23 bits per heavy atom. The van der Waals surface area contributed by atoms with E-state index in [4.69, 9.17) is 14.6 Å². The number of thioether (sulfide) groups is 1. The van der Waals surface area contributed by atoms with E-state index in [-0.39, 0.29) is 11.1 Å². The minimum absolute atomic E-state index is 0.263. The van der Waals surface area contributed by atoms with Crippen LogP contribution in [0, 0.1) is 0 Å². The molecule has 2 amide bonds. The second-order valence-electron chi connectivity index (χ2n) is 5.51. The average Bonchev–Trinajstić information content (AvgIpc) is 2.86. The molecule has 1 fully saturated rings. The van der Waals surface area contributed by atoms with Crippen molar-refractivity contribution in [2.45, 2.75) is 26.7 Å². The van der Waals surface area contributed by atoms with E-state index in [9.17, 15) is 14.4 Å². The molecule has 1 N–H and O–H groups in total. The van der Waals surface area contributed by atoms with Crippen molar-refractivity contribution in [3.63, 3.8) is 0 Å². The molecule has 140 valence electrons. The summed E-state index contributed by atoms with van der Waals surface area (Å²) in [6.45, 7) is 4.12. The average molecular weight is 379 g/mol. The van der Waals surface area contributed by atoms with Crippen LogP contribution in [0.2, 0.25) is 0 Å². The zero-order chi connectivity index (χ0) is 19.1. The molecule has 1 aromatic rings. The van der Waals surface area contributed by atoms with E-state index in [2.05, 4.69) is 0 Å². The molecule has 1 heterocycles. The Balaban J connectivity index is 2.21. The van der Waals surface area contributed by atoms with E-state index in [1.165, 1.54) is 4.90 Å². The van der Waals surface area contributed by atoms with Crippen molar-refractivity contribution in [1.29, 1.82) is 0 Å². The molecule has 2 rings (SSSR count). The lowest BCUT2D eigenvalue weighted by molar-refractivity contribution is -0.139. The van der Waals surface area contributed by atoms with Gasteiger partial charge in [-0.2, -0.15) is 0 Å².